The lowest BCUT2D eigenvalue weighted by atomic mass is 10.1. The van der Waals surface area contributed by atoms with E-state index in [0.29, 0.717) is 33.2 Å². The third-order valence-electron chi connectivity index (χ3n) is 6.36. The number of hydrogen-bond acceptors (Lipinski definition) is 4. The van der Waals surface area contributed by atoms with E-state index in [0.717, 1.165) is 22.0 Å². The first-order valence-electron chi connectivity index (χ1n) is 11.1. The van der Waals surface area contributed by atoms with Gasteiger partial charge in [-0.2, -0.15) is 0 Å². The first-order valence-corrected chi connectivity index (χ1v) is 11.4. The van der Waals surface area contributed by atoms with Gasteiger partial charge in [0.1, 0.15) is 17.0 Å². The molecule has 0 radical (unpaired) electrons. The second-order valence-electron chi connectivity index (χ2n) is 8.43. The Labute approximate surface area is 206 Å². The lowest BCUT2D eigenvalue weighted by Crippen LogP contribution is -2.40. The average Bonchev–Trinajstić information content (AvgIpc) is 3.15. The van der Waals surface area contributed by atoms with Crippen LogP contribution in [-0.2, 0) is 13.6 Å². The van der Waals surface area contributed by atoms with Crippen LogP contribution < -0.4 is 20.7 Å². The largest absolute Gasteiger partial charge is 0.497 e. The molecule has 0 fully saturated rings. The molecule has 0 saturated carbocycles. The molecule has 178 valence electrons. The summed E-state index contributed by atoms with van der Waals surface area (Å²) in [7, 11) is 5.02. The Bertz CT molecular complexity index is 1730. The fourth-order valence-corrected chi connectivity index (χ4v) is 4.76. The number of aryl methyl sites for hydroxylation is 2. The summed E-state index contributed by atoms with van der Waals surface area (Å²) in [6.45, 7) is 2.09. The maximum absolute atomic E-state index is 14.0. The summed E-state index contributed by atoms with van der Waals surface area (Å²) in [6, 6.07) is 18.3. The van der Waals surface area contributed by atoms with Crippen LogP contribution in [0, 0.1) is 6.92 Å². The van der Waals surface area contributed by atoms with E-state index in [1.807, 2.05) is 61.0 Å². The lowest BCUT2D eigenvalue weighted by molar-refractivity contribution is 0.414. The molecule has 0 saturated heterocycles. The number of ether oxygens (including phenoxy) is 2. The van der Waals surface area contributed by atoms with Crippen molar-refractivity contribution < 1.29 is 9.47 Å². The molecule has 7 nitrogen and oxygen atoms in total. The van der Waals surface area contributed by atoms with Crippen molar-refractivity contribution >= 4 is 33.5 Å². The zero-order valence-corrected chi connectivity index (χ0v) is 20.6. The number of hydrogen-bond donors (Lipinski definition) is 0. The van der Waals surface area contributed by atoms with E-state index in [1.54, 1.807) is 37.0 Å². The zero-order valence-electron chi connectivity index (χ0n) is 19.8. The fraction of sp³-hybridized carbons (Fsp3) is 0.185. The van der Waals surface area contributed by atoms with Crippen molar-refractivity contribution in [3.8, 4) is 17.2 Å². The molecule has 0 aliphatic rings. The molecule has 5 aromatic rings. The highest BCUT2D eigenvalue weighted by atomic mass is 35.5. The van der Waals surface area contributed by atoms with E-state index in [4.69, 9.17) is 21.1 Å². The van der Waals surface area contributed by atoms with Crippen LogP contribution in [-0.4, -0.2) is 27.9 Å². The number of benzene rings is 3. The maximum Gasteiger partial charge on any atom is 0.336 e. The summed E-state index contributed by atoms with van der Waals surface area (Å²) in [5.74, 6) is 1.32. The van der Waals surface area contributed by atoms with Crippen LogP contribution in [0.2, 0.25) is 5.02 Å². The molecule has 0 aliphatic carbocycles. The Kier molecular flexibility index (Phi) is 5.65. The Morgan fingerprint density at radius 1 is 0.886 bits per heavy atom. The van der Waals surface area contributed by atoms with Crippen molar-refractivity contribution in [3.05, 3.63) is 97.7 Å². The standard InChI is InChI=1S/C27H24ClN3O4/c1-16-8-9-18(28)13-23(16)31-26(32)25-24(21-14-20(35-4)10-11-22(21)29(25)2)30(27(31)33)15-17-6-5-7-19(12-17)34-3/h5-14H,15H2,1-4H3. The zero-order chi connectivity index (χ0) is 24.9. The average molecular weight is 490 g/mol. The van der Waals surface area contributed by atoms with Gasteiger partial charge in [0, 0.05) is 17.5 Å². The molecule has 8 heteroatoms. The minimum absolute atomic E-state index is 0.239. The summed E-state index contributed by atoms with van der Waals surface area (Å²) in [5.41, 5.74) is 3.00. The molecule has 0 atom stereocenters. The van der Waals surface area contributed by atoms with Crippen LogP contribution in [0.15, 0.2) is 70.3 Å². The molecule has 35 heavy (non-hydrogen) atoms. The fourth-order valence-electron chi connectivity index (χ4n) is 4.59. The summed E-state index contributed by atoms with van der Waals surface area (Å²) in [5, 5.41) is 1.20. The summed E-state index contributed by atoms with van der Waals surface area (Å²) < 4.78 is 15.5. The van der Waals surface area contributed by atoms with Crippen LogP contribution >= 0.6 is 11.6 Å². The molecule has 2 aromatic heterocycles. The number of nitrogens with zero attached hydrogens (tertiary/aromatic N) is 3. The summed E-state index contributed by atoms with van der Waals surface area (Å²) in [6.07, 6.45) is 0. The van der Waals surface area contributed by atoms with Gasteiger partial charge in [0.25, 0.3) is 5.56 Å². The van der Waals surface area contributed by atoms with Gasteiger partial charge in [0.05, 0.1) is 37.5 Å². The van der Waals surface area contributed by atoms with Gasteiger partial charge >= 0.3 is 5.69 Å². The number of halogens is 1. The molecular formula is C27H24ClN3O4. The van der Waals surface area contributed by atoms with E-state index in [1.165, 1.54) is 4.57 Å². The molecule has 0 amide bonds. The lowest BCUT2D eigenvalue weighted by Gasteiger charge is -2.15. The van der Waals surface area contributed by atoms with Crippen molar-refractivity contribution in [2.24, 2.45) is 7.05 Å². The van der Waals surface area contributed by atoms with E-state index in [2.05, 4.69) is 0 Å². The van der Waals surface area contributed by atoms with Gasteiger partial charge < -0.3 is 14.0 Å². The Morgan fingerprint density at radius 2 is 1.63 bits per heavy atom. The molecule has 0 unspecified atom stereocenters. The SMILES string of the molecule is COc1cccc(Cn2c(=O)n(-c3cc(Cl)ccc3C)c(=O)c3c2c2cc(OC)ccc2n3C)c1. The minimum atomic E-state index is -0.453. The molecule has 0 aliphatic heterocycles. The second kappa shape index (κ2) is 8.67. The van der Waals surface area contributed by atoms with E-state index < -0.39 is 11.2 Å². The number of aromatic nitrogens is 3. The van der Waals surface area contributed by atoms with E-state index in [9.17, 15) is 9.59 Å². The van der Waals surface area contributed by atoms with Gasteiger partial charge in [-0.15, -0.1) is 0 Å². The van der Waals surface area contributed by atoms with Gasteiger partial charge in [-0.1, -0.05) is 29.8 Å². The van der Waals surface area contributed by atoms with E-state index >= 15 is 0 Å². The van der Waals surface area contributed by atoms with Crippen molar-refractivity contribution in [1.29, 1.82) is 0 Å². The monoisotopic (exact) mass is 489 g/mol. The highest BCUT2D eigenvalue weighted by molar-refractivity contribution is 6.30. The van der Waals surface area contributed by atoms with Crippen LogP contribution in [0.25, 0.3) is 27.6 Å². The van der Waals surface area contributed by atoms with Crippen LogP contribution in [0.1, 0.15) is 11.1 Å². The number of methoxy groups -OCH3 is 2. The van der Waals surface area contributed by atoms with Gasteiger partial charge in [-0.3, -0.25) is 9.36 Å². The molecular weight excluding hydrogens is 466 g/mol. The van der Waals surface area contributed by atoms with Gasteiger partial charge in [0.2, 0.25) is 0 Å². The van der Waals surface area contributed by atoms with Gasteiger partial charge in [-0.25, -0.2) is 9.36 Å². The smallest absolute Gasteiger partial charge is 0.336 e. The molecule has 5 rings (SSSR count). The molecule has 0 bridgehead atoms. The van der Waals surface area contributed by atoms with Gasteiger partial charge in [-0.05, 0) is 60.5 Å². The Hall–Kier alpha value is -3.97. The summed E-state index contributed by atoms with van der Waals surface area (Å²) in [4.78, 5) is 27.9. The predicted octanol–water partition coefficient (Wildman–Crippen LogP) is 4.67. The topological polar surface area (TPSA) is 67.4 Å². The van der Waals surface area contributed by atoms with Crippen molar-refractivity contribution in [2.75, 3.05) is 14.2 Å². The van der Waals surface area contributed by atoms with Crippen LogP contribution in [0.5, 0.6) is 11.5 Å². The van der Waals surface area contributed by atoms with Gasteiger partial charge in [0.15, 0.2) is 0 Å². The number of fused-ring (bicyclic) bond motifs is 3. The Morgan fingerprint density at radius 3 is 2.37 bits per heavy atom. The predicted molar refractivity (Wildman–Crippen MR) is 139 cm³/mol. The molecule has 2 heterocycles. The normalized spacial score (nSPS) is 11.3. The molecule has 0 spiro atoms. The highest BCUT2D eigenvalue weighted by Crippen LogP contribution is 2.30. The van der Waals surface area contributed by atoms with Crippen molar-refractivity contribution in [3.63, 3.8) is 0 Å². The quantitative estimate of drug-likeness (QED) is 0.360. The maximum atomic E-state index is 14.0. The first kappa shape index (κ1) is 22.8. The minimum Gasteiger partial charge on any atom is -0.497 e. The van der Waals surface area contributed by atoms with E-state index in [-0.39, 0.29) is 6.54 Å². The third kappa shape index (κ3) is 3.68. The first-order chi connectivity index (χ1) is 16.8. The molecule has 3 aromatic carbocycles. The van der Waals surface area contributed by atoms with Crippen LogP contribution in [0.3, 0.4) is 0 Å². The van der Waals surface area contributed by atoms with Crippen molar-refractivity contribution in [1.82, 2.24) is 13.7 Å². The van der Waals surface area contributed by atoms with Crippen molar-refractivity contribution in [2.45, 2.75) is 13.5 Å². The van der Waals surface area contributed by atoms with Crippen LogP contribution in [0.4, 0.5) is 0 Å². The summed E-state index contributed by atoms with van der Waals surface area (Å²) >= 11 is 6.26. The Balaban J connectivity index is 1.94. The second-order valence-corrected chi connectivity index (χ2v) is 8.87. The highest BCUT2D eigenvalue weighted by Gasteiger charge is 2.22. The third-order valence-corrected chi connectivity index (χ3v) is 6.60. The molecule has 0 N–H and O–H groups in total. The number of rotatable bonds is 5.